The summed E-state index contributed by atoms with van der Waals surface area (Å²) >= 11 is 6.10. The molecular formula is C20H33ClN6. The highest BCUT2D eigenvalue weighted by molar-refractivity contribution is 6.30. The monoisotopic (exact) mass is 392 g/mol. The third kappa shape index (κ3) is 5.99. The number of rotatable bonds is 7. The van der Waals surface area contributed by atoms with E-state index < -0.39 is 0 Å². The lowest BCUT2D eigenvalue weighted by atomic mass is 10.2. The molecule has 0 amide bonds. The normalized spacial score (nSPS) is 22.4. The van der Waals surface area contributed by atoms with Gasteiger partial charge in [0.05, 0.1) is 6.54 Å². The van der Waals surface area contributed by atoms with Crippen LogP contribution in [-0.4, -0.2) is 80.7 Å². The fourth-order valence-corrected chi connectivity index (χ4v) is 4.21. The topological polar surface area (TPSA) is 60.1 Å². The van der Waals surface area contributed by atoms with Crippen LogP contribution in [0.2, 0.25) is 5.02 Å². The molecule has 2 heterocycles. The number of likely N-dealkylation sites (N-methyl/N-ethyl adjacent to an activating group) is 1. The molecule has 3 N–H and O–H groups in total. The third-order valence-corrected chi connectivity index (χ3v) is 5.89. The Hall–Kier alpha value is -1.50. The highest BCUT2D eigenvalue weighted by Crippen LogP contribution is 2.20. The van der Waals surface area contributed by atoms with Crippen LogP contribution in [0.4, 0.5) is 5.69 Å². The molecule has 2 fully saturated rings. The number of guanidine groups is 1. The van der Waals surface area contributed by atoms with E-state index in [4.69, 9.17) is 17.3 Å². The number of benzene rings is 1. The van der Waals surface area contributed by atoms with Crippen molar-refractivity contribution in [1.29, 1.82) is 0 Å². The number of hydrogen-bond acceptors (Lipinski definition) is 4. The predicted molar refractivity (Wildman–Crippen MR) is 115 cm³/mol. The second-order valence-electron chi connectivity index (χ2n) is 7.39. The Morgan fingerprint density at radius 1 is 1.26 bits per heavy atom. The lowest BCUT2D eigenvalue weighted by Gasteiger charge is -2.36. The highest BCUT2D eigenvalue weighted by atomic mass is 35.5. The summed E-state index contributed by atoms with van der Waals surface area (Å²) in [6.07, 6.45) is 2.52. The molecule has 150 valence electrons. The van der Waals surface area contributed by atoms with E-state index in [9.17, 15) is 0 Å². The lowest BCUT2D eigenvalue weighted by molar-refractivity contribution is 0.261. The summed E-state index contributed by atoms with van der Waals surface area (Å²) < 4.78 is 0. The second-order valence-corrected chi connectivity index (χ2v) is 7.82. The predicted octanol–water partition coefficient (Wildman–Crippen LogP) is 1.85. The average Bonchev–Trinajstić information content (AvgIpc) is 3.14. The van der Waals surface area contributed by atoms with Gasteiger partial charge in [0.15, 0.2) is 5.96 Å². The van der Waals surface area contributed by atoms with Crippen LogP contribution in [0, 0.1) is 0 Å². The van der Waals surface area contributed by atoms with Crippen LogP contribution in [0.15, 0.2) is 29.3 Å². The van der Waals surface area contributed by atoms with Crippen molar-refractivity contribution in [3.05, 3.63) is 29.3 Å². The van der Waals surface area contributed by atoms with E-state index in [1.165, 1.54) is 25.1 Å². The van der Waals surface area contributed by atoms with E-state index in [1.54, 1.807) is 0 Å². The molecule has 1 aromatic rings. The first-order chi connectivity index (χ1) is 13.2. The summed E-state index contributed by atoms with van der Waals surface area (Å²) in [5.41, 5.74) is 7.26. The molecule has 1 atom stereocenters. The molecule has 1 unspecified atom stereocenters. The Labute approximate surface area is 168 Å². The Bertz CT molecular complexity index is 614. The summed E-state index contributed by atoms with van der Waals surface area (Å²) in [6, 6.07) is 8.67. The Morgan fingerprint density at radius 3 is 2.81 bits per heavy atom. The van der Waals surface area contributed by atoms with Crippen molar-refractivity contribution in [3.63, 3.8) is 0 Å². The first kappa shape index (κ1) is 20.2. The first-order valence-corrected chi connectivity index (χ1v) is 10.5. The summed E-state index contributed by atoms with van der Waals surface area (Å²) in [7, 11) is 0. The maximum Gasteiger partial charge on any atom is 0.188 e. The van der Waals surface area contributed by atoms with E-state index in [0.29, 0.717) is 12.0 Å². The first-order valence-electron chi connectivity index (χ1n) is 10.2. The number of anilines is 1. The minimum absolute atomic E-state index is 0.565. The zero-order valence-electron chi connectivity index (χ0n) is 16.4. The van der Waals surface area contributed by atoms with Crippen molar-refractivity contribution in [2.75, 3.05) is 63.8 Å². The summed E-state index contributed by atoms with van der Waals surface area (Å²) in [5, 5.41) is 4.07. The van der Waals surface area contributed by atoms with Crippen molar-refractivity contribution in [2.45, 2.75) is 25.8 Å². The van der Waals surface area contributed by atoms with Gasteiger partial charge in [0.25, 0.3) is 0 Å². The van der Waals surface area contributed by atoms with Gasteiger partial charge in [-0.1, -0.05) is 24.6 Å². The van der Waals surface area contributed by atoms with Crippen LogP contribution in [0.3, 0.4) is 0 Å². The number of halogens is 1. The van der Waals surface area contributed by atoms with Crippen LogP contribution in [0.5, 0.6) is 0 Å². The Balaban J connectivity index is 1.33. The minimum atomic E-state index is 0.565. The molecular weight excluding hydrogens is 360 g/mol. The molecule has 0 aromatic heterocycles. The quantitative estimate of drug-likeness (QED) is 0.547. The van der Waals surface area contributed by atoms with Gasteiger partial charge in [0.2, 0.25) is 0 Å². The van der Waals surface area contributed by atoms with Gasteiger partial charge in [-0.25, -0.2) is 0 Å². The second kappa shape index (κ2) is 10.2. The fraction of sp³-hybridized carbons (Fsp3) is 0.650. The van der Waals surface area contributed by atoms with Crippen LogP contribution < -0.4 is 16.0 Å². The molecule has 3 rings (SSSR count). The highest BCUT2D eigenvalue weighted by Gasteiger charge is 2.22. The maximum absolute atomic E-state index is 6.10. The SMILES string of the molecule is CCN1CCCC1CN=C(N)NCCN1CCN(c2cccc(Cl)c2)CC1. The summed E-state index contributed by atoms with van der Waals surface area (Å²) in [5.74, 6) is 0.579. The van der Waals surface area contributed by atoms with E-state index >= 15 is 0 Å². The largest absolute Gasteiger partial charge is 0.370 e. The number of nitrogens with one attached hydrogen (secondary N) is 1. The number of hydrogen-bond donors (Lipinski definition) is 2. The van der Waals surface area contributed by atoms with Crippen LogP contribution >= 0.6 is 11.6 Å². The number of nitrogens with two attached hydrogens (primary N) is 1. The van der Waals surface area contributed by atoms with E-state index in [2.05, 4.69) is 38.0 Å². The van der Waals surface area contributed by atoms with Crippen LogP contribution in [0.25, 0.3) is 0 Å². The number of aliphatic imine (C=N–C) groups is 1. The third-order valence-electron chi connectivity index (χ3n) is 5.66. The Kier molecular flexibility index (Phi) is 7.61. The van der Waals surface area contributed by atoms with Gasteiger partial charge in [-0.05, 0) is 44.1 Å². The molecule has 0 radical (unpaired) electrons. The number of likely N-dealkylation sites (tertiary alicyclic amines) is 1. The summed E-state index contributed by atoms with van der Waals surface area (Å²) in [4.78, 5) is 11.9. The van der Waals surface area contributed by atoms with Crippen LogP contribution in [-0.2, 0) is 0 Å². The van der Waals surface area contributed by atoms with Gasteiger partial charge in [-0.2, -0.15) is 0 Å². The van der Waals surface area contributed by atoms with Crippen molar-refractivity contribution in [3.8, 4) is 0 Å². The van der Waals surface area contributed by atoms with Crippen molar-refractivity contribution in [1.82, 2.24) is 15.1 Å². The van der Waals surface area contributed by atoms with Crippen molar-refractivity contribution in [2.24, 2.45) is 10.7 Å². The summed E-state index contributed by atoms with van der Waals surface area (Å²) in [6.45, 7) is 11.3. The molecule has 2 saturated heterocycles. The fourth-order valence-electron chi connectivity index (χ4n) is 4.02. The Morgan fingerprint density at radius 2 is 2.07 bits per heavy atom. The van der Waals surface area contributed by atoms with Gasteiger partial charge >= 0.3 is 0 Å². The molecule has 1 aromatic carbocycles. The molecule has 6 nitrogen and oxygen atoms in total. The number of piperazine rings is 1. The average molecular weight is 393 g/mol. The molecule has 0 aliphatic carbocycles. The molecule has 27 heavy (non-hydrogen) atoms. The van der Waals surface area contributed by atoms with Crippen LogP contribution in [0.1, 0.15) is 19.8 Å². The molecule has 0 spiro atoms. The van der Waals surface area contributed by atoms with E-state index in [1.807, 2.05) is 18.2 Å². The van der Waals surface area contributed by atoms with E-state index in [-0.39, 0.29) is 0 Å². The smallest absolute Gasteiger partial charge is 0.188 e. The van der Waals surface area contributed by atoms with Gasteiger partial charge in [0.1, 0.15) is 0 Å². The lowest BCUT2D eigenvalue weighted by Crippen LogP contribution is -2.49. The molecule has 2 aliphatic heterocycles. The molecule has 7 heteroatoms. The molecule has 0 saturated carbocycles. The maximum atomic E-state index is 6.10. The molecule has 0 bridgehead atoms. The van der Waals surface area contributed by atoms with Crippen molar-refractivity contribution < 1.29 is 0 Å². The molecule has 2 aliphatic rings. The zero-order chi connectivity index (χ0) is 19.1. The zero-order valence-corrected chi connectivity index (χ0v) is 17.2. The van der Waals surface area contributed by atoms with Gasteiger partial charge < -0.3 is 16.0 Å². The number of nitrogens with zero attached hydrogens (tertiary/aromatic N) is 4. The van der Waals surface area contributed by atoms with Gasteiger partial charge in [-0.15, -0.1) is 0 Å². The van der Waals surface area contributed by atoms with Gasteiger partial charge in [-0.3, -0.25) is 14.8 Å². The van der Waals surface area contributed by atoms with Gasteiger partial charge in [0, 0.05) is 56.0 Å². The minimum Gasteiger partial charge on any atom is -0.370 e. The standard InChI is InChI=1S/C20H33ClN6/c1-2-26-9-4-7-19(26)16-24-20(22)23-8-10-25-11-13-27(14-12-25)18-6-3-5-17(21)15-18/h3,5-6,15,19H,2,4,7-14,16H2,1H3,(H3,22,23,24). The van der Waals surface area contributed by atoms with E-state index in [0.717, 1.165) is 57.4 Å². The van der Waals surface area contributed by atoms with Crippen molar-refractivity contribution >= 4 is 23.2 Å².